The maximum atomic E-state index is 13.2. The Morgan fingerprint density at radius 1 is 1.20 bits per heavy atom. The molecule has 0 unspecified atom stereocenters. The van der Waals surface area contributed by atoms with Gasteiger partial charge in [0.2, 0.25) is 5.91 Å². The highest BCUT2D eigenvalue weighted by Crippen LogP contribution is 2.33. The first kappa shape index (κ1) is 17.2. The fourth-order valence-electron chi connectivity index (χ4n) is 2.67. The molecule has 1 aromatic heterocycles. The number of carbonyl (C=O) groups is 2. The number of nitrogens with zero attached hydrogens (tertiary/aromatic N) is 1. The summed E-state index contributed by atoms with van der Waals surface area (Å²) in [5.41, 5.74) is 4.67. The average Bonchev–Trinajstić information content (AvgIpc) is 3.24. The number of hydrogen-bond acceptors (Lipinski definition) is 5. The van der Waals surface area contributed by atoms with Crippen LogP contribution >= 0.6 is 11.3 Å². The molecule has 0 saturated heterocycles. The molecule has 7 heteroatoms. The zero-order valence-corrected chi connectivity index (χ0v) is 14.1. The molecule has 1 N–H and O–H groups in total. The Balaban J connectivity index is 1.81. The molecule has 3 rings (SSSR count). The van der Waals surface area contributed by atoms with Gasteiger partial charge in [-0.2, -0.15) is 0 Å². The van der Waals surface area contributed by atoms with Gasteiger partial charge in [-0.3, -0.25) is 10.2 Å². The summed E-state index contributed by atoms with van der Waals surface area (Å²) in [5, 5.41) is 13.9. The van der Waals surface area contributed by atoms with Crippen LogP contribution in [0.25, 0.3) is 5.70 Å². The molecule has 5 nitrogen and oxygen atoms in total. The molecular weight excluding hydrogens is 343 g/mol. The van der Waals surface area contributed by atoms with Crippen molar-refractivity contribution < 1.29 is 19.1 Å². The lowest BCUT2D eigenvalue weighted by atomic mass is 10.1. The second kappa shape index (κ2) is 7.48. The van der Waals surface area contributed by atoms with Gasteiger partial charge >= 0.3 is 0 Å². The maximum absolute atomic E-state index is 13.2. The van der Waals surface area contributed by atoms with Gasteiger partial charge in [0.25, 0.3) is 0 Å². The van der Waals surface area contributed by atoms with Crippen LogP contribution < -0.4 is 10.5 Å². The summed E-state index contributed by atoms with van der Waals surface area (Å²) < 4.78 is 13.2. The first-order valence-corrected chi connectivity index (χ1v) is 8.72. The topological polar surface area (TPSA) is 72.5 Å². The van der Waals surface area contributed by atoms with Crippen LogP contribution in [0.1, 0.15) is 35.7 Å². The van der Waals surface area contributed by atoms with E-state index in [9.17, 15) is 19.1 Å². The molecule has 130 valence electrons. The Morgan fingerprint density at radius 3 is 2.60 bits per heavy atom. The number of halogens is 1. The smallest absolute Gasteiger partial charge is 0.241 e. The molecule has 0 saturated carbocycles. The number of carboxylic acids is 1. The van der Waals surface area contributed by atoms with Crippen molar-refractivity contribution in [1.82, 2.24) is 10.4 Å². The Labute approximate surface area is 148 Å². The summed E-state index contributed by atoms with van der Waals surface area (Å²) in [6.07, 6.45) is 2.05. The third-order valence-electron chi connectivity index (χ3n) is 3.88. The number of nitrogens with one attached hydrogen (secondary N) is 1. The van der Waals surface area contributed by atoms with Gasteiger partial charge < -0.3 is 9.90 Å². The molecule has 0 spiro atoms. The van der Waals surface area contributed by atoms with Gasteiger partial charge in [-0.15, -0.1) is 11.3 Å². The monoisotopic (exact) mass is 359 g/mol. The molecule has 2 aromatic rings. The molecule has 1 atom stereocenters. The van der Waals surface area contributed by atoms with E-state index >= 15 is 0 Å². The molecule has 0 bridgehead atoms. The number of aliphatic carboxylic acids is 1. The van der Waals surface area contributed by atoms with Crippen molar-refractivity contribution in [2.24, 2.45) is 0 Å². The lowest BCUT2D eigenvalue weighted by Gasteiger charge is -2.25. The quantitative estimate of drug-likeness (QED) is 0.859. The number of thiophene rings is 1. The SMILES string of the molecule is O=C([O-])CCCC(=O)N1NC(c2cccs2)=C[C@H]1c1ccc(F)cc1. The standard InChI is InChI=1S/C18H17FN2O3S/c19-13-8-6-12(7-9-13)15-11-14(16-3-2-10-25-16)20-21(15)17(22)4-1-5-18(23)24/h2-3,6-11,15,20H,1,4-5H2,(H,23,24)/p-1/t15-/m0/s1. The minimum atomic E-state index is -1.17. The van der Waals surface area contributed by atoms with E-state index in [2.05, 4.69) is 5.43 Å². The fourth-order valence-corrected chi connectivity index (χ4v) is 3.37. The molecule has 25 heavy (non-hydrogen) atoms. The van der Waals surface area contributed by atoms with Gasteiger partial charge in [0.05, 0.1) is 16.6 Å². The highest BCUT2D eigenvalue weighted by molar-refractivity contribution is 7.11. The summed E-state index contributed by atoms with van der Waals surface area (Å²) in [6, 6.07) is 9.45. The van der Waals surface area contributed by atoms with Crippen molar-refractivity contribution >= 4 is 28.9 Å². The summed E-state index contributed by atoms with van der Waals surface area (Å²) in [7, 11) is 0. The van der Waals surface area contributed by atoms with E-state index in [4.69, 9.17) is 0 Å². The van der Waals surface area contributed by atoms with E-state index in [0.717, 1.165) is 16.1 Å². The van der Waals surface area contributed by atoms with E-state index < -0.39 is 5.97 Å². The Hall–Kier alpha value is -2.67. The molecule has 1 amide bonds. The molecule has 0 radical (unpaired) electrons. The lowest BCUT2D eigenvalue weighted by molar-refractivity contribution is -0.305. The van der Waals surface area contributed by atoms with Crippen molar-refractivity contribution in [2.45, 2.75) is 25.3 Å². The van der Waals surface area contributed by atoms with Crippen LogP contribution in [0.3, 0.4) is 0 Å². The van der Waals surface area contributed by atoms with E-state index in [1.165, 1.54) is 17.1 Å². The minimum absolute atomic E-state index is 0.0875. The molecule has 0 fully saturated rings. The predicted octanol–water partition coefficient (Wildman–Crippen LogP) is 2.24. The predicted molar refractivity (Wildman–Crippen MR) is 90.3 cm³/mol. The van der Waals surface area contributed by atoms with Crippen molar-refractivity contribution in [1.29, 1.82) is 0 Å². The third-order valence-corrected chi connectivity index (χ3v) is 4.79. The van der Waals surface area contributed by atoms with Crippen LogP contribution in [0.4, 0.5) is 4.39 Å². The largest absolute Gasteiger partial charge is 0.550 e. The van der Waals surface area contributed by atoms with Crippen molar-refractivity contribution in [2.75, 3.05) is 0 Å². The van der Waals surface area contributed by atoms with Gasteiger partial charge in [-0.25, -0.2) is 9.40 Å². The van der Waals surface area contributed by atoms with Gasteiger partial charge in [0.15, 0.2) is 0 Å². The Kier molecular flexibility index (Phi) is 5.14. The lowest BCUT2D eigenvalue weighted by Crippen LogP contribution is -2.39. The highest BCUT2D eigenvalue weighted by Gasteiger charge is 2.30. The first-order valence-electron chi connectivity index (χ1n) is 7.84. The number of carboxylic acid groups (broad SMARTS) is 1. The second-order valence-corrected chi connectivity index (χ2v) is 6.60. The second-order valence-electron chi connectivity index (χ2n) is 5.66. The molecule has 1 aliphatic heterocycles. The number of rotatable bonds is 6. The van der Waals surface area contributed by atoms with Gasteiger partial charge in [-0.05, 0) is 48.1 Å². The maximum Gasteiger partial charge on any atom is 0.241 e. The van der Waals surface area contributed by atoms with E-state index in [1.807, 2.05) is 23.6 Å². The summed E-state index contributed by atoms with van der Waals surface area (Å²) in [4.78, 5) is 24.1. The normalized spacial score (nSPS) is 16.4. The van der Waals surface area contributed by atoms with Crippen molar-refractivity contribution in [3.63, 3.8) is 0 Å². The molecule has 2 heterocycles. The molecule has 1 aliphatic rings. The van der Waals surface area contributed by atoms with Gasteiger partial charge in [0, 0.05) is 12.4 Å². The Morgan fingerprint density at radius 2 is 1.96 bits per heavy atom. The molecular formula is C18H16FN2O3S-. The van der Waals surface area contributed by atoms with Crippen LogP contribution in [0.2, 0.25) is 0 Å². The summed E-state index contributed by atoms with van der Waals surface area (Å²) >= 11 is 1.54. The number of hydrazine groups is 1. The average molecular weight is 359 g/mol. The number of amides is 1. The van der Waals surface area contributed by atoms with E-state index in [1.54, 1.807) is 23.5 Å². The van der Waals surface area contributed by atoms with Crippen LogP contribution in [0.15, 0.2) is 47.9 Å². The van der Waals surface area contributed by atoms with Crippen molar-refractivity contribution in [3.8, 4) is 0 Å². The first-order chi connectivity index (χ1) is 12.0. The van der Waals surface area contributed by atoms with Crippen LogP contribution in [-0.2, 0) is 9.59 Å². The van der Waals surface area contributed by atoms with Gasteiger partial charge in [-0.1, -0.05) is 18.2 Å². The summed E-state index contributed by atoms with van der Waals surface area (Å²) in [5.74, 6) is -1.74. The Bertz CT molecular complexity index is 787. The van der Waals surface area contributed by atoms with Crippen molar-refractivity contribution in [3.05, 3.63) is 64.1 Å². The summed E-state index contributed by atoms with van der Waals surface area (Å²) in [6.45, 7) is 0. The van der Waals surface area contributed by atoms with Crippen LogP contribution in [0.5, 0.6) is 0 Å². The number of carbonyl (C=O) groups excluding carboxylic acids is 2. The van der Waals surface area contributed by atoms with Crippen LogP contribution in [-0.4, -0.2) is 16.9 Å². The third kappa shape index (κ3) is 4.06. The molecule has 0 aliphatic carbocycles. The highest BCUT2D eigenvalue weighted by atomic mass is 32.1. The zero-order valence-electron chi connectivity index (χ0n) is 13.3. The number of hydrogen-bond donors (Lipinski definition) is 1. The van der Waals surface area contributed by atoms with E-state index in [-0.39, 0.29) is 37.0 Å². The minimum Gasteiger partial charge on any atom is -0.550 e. The number of benzene rings is 1. The zero-order chi connectivity index (χ0) is 17.8. The van der Waals surface area contributed by atoms with Crippen LogP contribution in [0, 0.1) is 5.82 Å². The van der Waals surface area contributed by atoms with Gasteiger partial charge in [0.1, 0.15) is 5.82 Å². The molecule has 1 aromatic carbocycles. The van der Waals surface area contributed by atoms with E-state index in [0.29, 0.717) is 0 Å². The fraction of sp³-hybridized carbons (Fsp3) is 0.222.